The Bertz CT molecular complexity index is 407. The zero-order valence-electron chi connectivity index (χ0n) is 10.1. The molecule has 0 bridgehead atoms. The highest BCUT2D eigenvalue weighted by Crippen LogP contribution is 2.16. The van der Waals surface area contributed by atoms with Crippen molar-refractivity contribution in [2.75, 3.05) is 5.32 Å². The van der Waals surface area contributed by atoms with Crippen LogP contribution in [0.15, 0.2) is 23.4 Å². The first-order chi connectivity index (χ1) is 8.06. The van der Waals surface area contributed by atoms with Crippen molar-refractivity contribution in [3.8, 4) is 0 Å². The van der Waals surface area contributed by atoms with Crippen molar-refractivity contribution in [3.05, 3.63) is 29.6 Å². The summed E-state index contributed by atoms with van der Waals surface area (Å²) in [4.78, 5) is 0. The molecule has 17 heavy (non-hydrogen) atoms. The molecule has 0 aliphatic carbocycles. The van der Waals surface area contributed by atoms with Crippen molar-refractivity contribution in [3.63, 3.8) is 0 Å². The molecule has 0 saturated carbocycles. The van der Waals surface area contributed by atoms with Crippen LogP contribution in [0.2, 0.25) is 0 Å². The smallest absolute Gasteiger partial charge is 0.141 e. The number of amidine groups is 1. The van der Waals surface area contributed by atoms with Gasteiger partial charge in [0.25, 0.3) is 0 Å². The van der Waals surface area contributed by atoms with Crippen LogP contribution < -0.4 is 11.1 Å². The fourth-order valence-corrected chi connectivity index (χ4v) is 1.51. The highest BCUT2D eigenvalue weighted by molar-refractivity contribution is 5.80. The summed E-state index contributed by atoms with van der Waals surface area (Å²) in [6, 6.07) is 5.00. The van der Waals surface area contributed by atoms with Gasteiger partial charge in [0.2, 0.25) is 0 Å². The Morgan fingerprint density at radius 2 is 2.29 bits per heavy atom. The molecule has 1 aromatic carbocycles. The number of hydrogen-bond donors (Lipinski definition) is 3. The molecule has 4 nitrogen and oxygen atoms in total. The van der Waals surface area contributed by atoms with Gasteiger partial charge < -0.3 is 16.3 Å². The number of aryl methyl sites for hydroxylation is 1. The zero-order valence-corrected chi connectivity index (χ0v) is 10.1. The van der Waals surface area contributed by atoms with Gasteiger partial charge in [0.15, 0.2) is 0 Å². The highest BCUT2D eigenvalue weighted by Gasteiger charge is 2.09. The van der Waals surface area contributed by atoms with Crippen LogP contribution in [0, 0.1) is 12.7 Å². The first-order valence-electron chi connectivity index (χ1n) is 5.56. The standard InChI is InChI=1S/C12H18FN3O/c1-3-9(7-12(14)16-17)15-10-5-4-8(2)11(13)6-10/h4-6,9,15,17H,3,7H2,1-2H3,(H2,14,16). The Morgan fingerprint density at radius 1 is 1.59 bits per heavy atom. The summed E-state index contributed by atoms with van der Waals surface area (Å²) in [6.07, 6.45) is 1.22. The number of nitrogens with two attached hydrogens (primary N) is 1. The molecule has 1 rings (SSSR count). The molecule has 0 radical (unpaired) electrons. The Morgan fingerprint density at radius 3 is 2.82 bits per heavy atom. The van der Waals surface area contributed by atoms with Gasteiger partial charge in [-0.3, -0.25) is 0 Å². The number of oxime groups is 1. The molecule has 0 aliphatic rings. The van der Waals surface area contributed by atoms with E-state index in [1.165, 1.54) is 6.07 Å². The second kappa shape index (κ2) is 6.08. The van der Waals surface area contributed by atoms with Crippen LogP contribution in [0.1, 0.15) is 25.3 Å². The molecule has 0 spiro atoms. The van der Waals surface area contributed by atoms with Crippen molar-refractivity contribution in [1.29, 1.82) is 0 Å². The van der Waals surface area contributed by atoms with Crippen molar-refractivity contribution in [2.45, 2.75) is 32.7 Å². The van der Waals surface area contributed by atoms with Gasteiger partial charge in [0.1, 0.15) is 11.7 Å². The maximum Gasteiger partial charge on any atom is 0.141 e. The molecule has 4 N–H and O–H groups in total. The van der Waals surface area contributed by atoms with E-state index in [4.69, 9.17) is 10.9 Å². The first-order valence-corrected chi connectivity index (χ1v) is 5.56. The van der Waals surface area contributed by atoms with E-state index in [1.54, 1.807) is 13.0 Å². The minimum atomic E-state index is -0.242. The second-order valence-electron chi connectivity index (χ2n) is 4.01. The maximum atomic E-state index is 13.3. The van der Waals surface area contributed by atoms with Gasteiger partial charge in [-0.15, -0.1) is 0 Å². The number of anilines is 1. The number of nitrogens with zero attached hydrogens (tertiary/aromatic N) is 1. The third-order valence-corrected chi connectivity index (χ3v) is 2.62. The summed E-state index contributed by atoms with van der Waals surface area (Å²) in [6.45, 7) is 3.69. The van der Waals surface area contributed by atoms with E-state index in [0.29, 0.717) is 17.7 Å². The molecule has 0 amide bonds. The Labute approximate surface area is 100 Å². The lowest BCUT2D eigenvalue weighted by Crippen LogP contribution is -2.26. The third-order valence-electron chi connectivity index (χ3n) is 2.62. The second-order valence-corrected chi connectivity index (χ2v) is 4.01. The monoisotopic (exact) mass is 239 g/mol. The Hall–Kier alpha value is -1.78. The molecule has 0 heterocycles. The minimum Gasteiger partial charge on any atom is -0.409 e. The van der Waals surface area contributed by atoms with E-state index in [-0.39, 0.29) is 17.7 Å². The van der Waals surface area contributed by atoms with E-state index in [9.17, 15) is 4.39 Å². The van der Waals surface area contributed by atoms with E-state index < -0.39 is 0 Å². The highest BCUT2D eigenvalue weighted by atomic mass is 19.1. The molecule has 0 fully saturated rings. The fourth-order valence-electron chi connectivity index (χ4n) is 1.51. The summed E-state index contributed by atoms with van der Waals surface area (Å²) in [5, 5.41) is 14.6. The summed E-state index contributed by atoms with van der Waals surface area (Å²) >= 11 is 0. The van der Waals surface area contributed by atoms with Crippen LogP contribution in [0.3, 0.4) is 0 Å². The van der Waals surface area contributed by atoms with Crippen LogP contribution in [0.5, 0.6) is 0 Å². The number of nitrogens with one attached hydrogen (secondary N) is 1. The van der Waals surface area contributed by atoms with E-state index in [0.717, 1.165) is 6.42 Å². The van der Waals surface area contributed by atoms with E-state index in [2.05, 4.69) is 10.5 Å². The number of benzene rings is 1. The number of rotatable bonds is 5. The predicted octanol–water partition coefficient (Wildman–Crippen LogP) is 2.46. The Balaban J connectivity index is 2.70. The lowest BCUT2D eigenvalue weighted by atomic mass is 10.1. The number of hydrogen-bond acceptors (Lipinski definition) is 3. The zero-order chi connectivity index (χ0) is 12.8. The molecule has 1 aromatic rings. The van der Waals surface area contributed by atoms with Crippen LogP contribution in [-0.2, 0) is 0 Å². The normalized spacial score (nSPS) is 13.5. The topological polar surface area (TPSA) is 70.6 Å². The molecule has 1 unspecified atom stereocenters. The van der Waals surface area contributed by atoms with Gasteiger partial charge in [-0.2, -0.15) is 0 Å². The molecule has 0 saturated heterocycles. The van der Waals surface area contributed by atoms with Crippen LogP contribution in [-0.4, -0.2) is 17.1 Å². The van der Waals surface area contributed by atoms with Crippen molar-refractivity contribution in [1.82, 2.24) is 0 Å². The molecule has 94 valence electrons. The fraction of sp³-hybridized carbons (Fsp3) is 0.417. The Kier molecular flexibility index (Phi) is 4.75. The van der Waals surface area contributed by atoms with Gasteiger partial charge in [-0.05, 0) is 31.0 Å². The van der Waals surface area contributed by atoms with Crippen molar-refractivity contribution in [2.24, 2.45) is 10.9 Å². The van der Waals surface area contributed by atoms with Crippen molar-refractivity contribution >= 4 is 11.5 Å². The van der Waals surface area contributed by atoms with Gasteiger partial charge in [-0.25, -0.2) is 4.39 Å². The van der Waals surface area contributed by atoms with E-state index in [1.807, 2.05) is 13.0 Å². The molecule has 1 atom stereocenters. The summed E-state index contributed by atoms with van der Waals surface area (Å²) in [7, 11) is 0. The third kappa shape index (κ3) is 3.94. The SMILES string of the molecule is CCC(CC(N)=NO)Nc1ccc(C)c(F)c1. The number of halogens is 1. The van der Waals surface area contributed by atoms with Crippen LogP contribution in [0.4, 0.5) is 10.1 Å². The van der Waals surface area contributed by atoms with Gasteiger partial charge in [0, 0.05) is 18.2 Å². The molecule has 0 aromatic heterocycles. The molecule has 5 heteroatoms. The molecular weight excluding hydrogens is 221 g/mol. The van der Waals surface area contributed by atoms with Gasteiger partial charge >= 0.3 is 0 Å². The van der Waals surface area contributed by atoms with E-state index >= 15 is 0 Å². The van der Waals surface area contributed by atoms with Crippen LogP contribution in [0.25, 0.3) is 0 Å². The van der Waals surface area contributed by atoms with Crippen LogP contribution >= 0.6 is 0 Å². The molecular formula is C12H18FN3O. The molecule has 0 aliphatic heterocycles. The van der Waals surface area contributed by atoms with Gasteiger partial charge in [0.05, 0.1) is 0 Å². The summed E-state index contributed by atoms with van der Waals surface area (Å²) in [5.41, 5.74) is 6.75. The maximum absolute atomic E-state index is 13.3. The average Bonchev–Trinajstić information content (AvgIpc) is 2.32. The lowest BCUT2D eigenvalue weighted by molar-refractivity contribution is 0.316. The lowest BCUT2D eigenvalue weighted by Gasteiger charge is -2.17. The van der Waals surface area contributed by atoms with Crippen molar-refractivity contribution < 1.29 is 9.60 Å². The predicted molar refractivity (Wildman–Crippen MR) is 66.9 cm³/mol. The minimum absolute atomic E-state index is 0.0213. The summed E-state index contributed by atoms with van der Waals surface area (Å²) in [5.74, 6) is -0.0782. The van der Waals surface area contributed by atoms with Gasteiger partial charge in [-0.1, -0.05) is 18.1 Å². The quantitative estimate of drug-likeness (QED) is 0.320. The first kappa shape index (κ1) is 13.3. The largest absolute Gasteiger partial charge is 0.409 e. The average molecular weight is 239 g/mol. The summed E-state index contributed by atoms with van der Waals surface area (Å²) < 4.78 is 13.3.